The van der Waals surface area contributed by atoms with E-state index in [4.69, 9.17) is 0 Å². The van der Waals surface area contributed by atoms with E-state index in [1.54, 1.807) is 0 Å². The molecule has 8 heteroatoms. The molecule has 2 amide bonds. The largest absolute Gasteiger partial charge is 0.274 e. The Morgan fingerprint density at radius 3 is 2.68 bits per heavy atom. The third-order valence-corrected chi connectivity index (χ3v) is 6.10. The number of thioether (sulfide) groups is 1. The Morgan fingerprint density at radius 1 is 1.12 bits per heavy atom. The molecule has 1 aromatic heterocycles. The molecule has 4 rings (SSSR count). The number of benzene rings is 2. The van der Waals surface area contributed by atoms with Crippen molar-refractivity contribution in [1.29, 1.82) is 0 Å². The third-order valence-electron chi connectivity index (χ3n) is 3.78. The highest BCUT2D eigenvalue weighted by Crippen LogP contribution is 2.37. The van der Waals surface area contributed by atoms with E-state index in [2.05, 4.69) is 4.98 Å². The van der Waals surface area contributed by atoms with Gasteiger partial charge in [0, 0.05) is 12.5 Å². The van der Waals surface area contributed by atoms with Gasteiger partial charge in [0.1, 0.15) is 5.25 Å². The lowest BCUT2D eigenvalue weighted by Crippen LogP contribution is -2.31. The average molecular weight is 376 g/mol. The minimum absolute atomic E-state index is 0.00157. The van der Waals surface area contributed by atoms with Crippen LogP contribution in [0.4, 0.5) is 14.5 Å². The van der Waals surface area contributed by atoms with E-state index in [1.807, 2.05) is 24.3 Å². The molecule has 4 nitrogen and oxygen atoms in total. The number of halogens is 2. The van der Waals surface area contributed by atoms with E-state index in [1.165, 1.54) is 29.2 Å². The lowest BCUT2D eigenvalue weighted by molar-refractivity contribution is -0.121. The van der Waals surface area contributed by atoms with Gasteiger partial charge in [-0.05, 0) is 24.3 Å². The molecule has 1 aliphatic rings. The number of para-hydroxylation sites is 1. The van der Waals surface area contributed by atoms with Gasteiger partial charge in [0.15, 0.2) is 16.0 Å². The predicted octanol–water partition coefficient (Wildman–Crippen LogP) is 4.00. The average Bonchev–Trinajstić information content (AvgIpc) is 3.11. The first-order valence-corrected chi connectivity index (χ1v) is 9.06. The summed E-state index contributed by atoms with van der Waals surface area (Å²) in [5, 5.41) is -0.624. The lowest BCUT2D eigenvalue weighted by atomic mass is 10.3. The maximum atomic E-state index is 13.4. The van der Waals surface area contributed by atoms with Crippen LogP contribution in [0.15, 0.2) is 46.8 Å². The quantitative estimate of drug-likeness (QED) is 0.649. The summed E-state index contributed by atoms with van der Waals surface area (Å²) in [6.07, 6.45) is -0.00157. The van der Waals surface area contributed by atoms with Crippen molar-refractivity contribution in [2.45, 2.75) is 16.0 Å². The van der Waals surface area contributed by atoms with Gasteiger partial charge in [-0.1, -0.05) is 23.9 Å². The van der Waals surface area contributed by atoms with E-state index in [0.29, 0.717) is 4.34 Å². The summed E-state index contributed by atoms with van der Waals surface area (Å²) in [5.74, 6) is -3.00. The summed E-state index contributed by atoms with van der Waals surface area (Å²) in [6, 6.07) is 10.6. The maximum absolute atomic E-state index is 13.4. The second-order valence-electron chi connectivity index (χ2n) is 5.42. The second kappa shape index (κ2) is 6.20. The summed E-state index contributed by atoms with van der Waals surface area (Å²) < 4.78 is 28.2. The molecule has 0 unspecified atom stereocenters. The van der Waals surface area contributed by atoms with Crippen LogP contribution in [0.2, 0.25) is 0 Å². The van der Waals surface area contributed by atoms with Gasteiger partial charge in [-0.25, -0.2) is 18.7 Å². The number of nitrogens with zero attached hydrogens (tertiary/aromatic N) is 2. The van der Waals surface area contributed by atoms with Crippen molar-refractivity contribution < 1.29 is 18.4 Å². The van der Waals surface area contributed by atoms with Gasteiger partial charge in [0.25, 0.3) is 0 Å². The van der Waals surface area contributed by atoms with Gasteiger partial charge in [0.2, 0.25) is 11.8 Å². The van der Waals surface area contributed by atoms with Crippen LogP contribution in [-0.2, 0) is 9.59 Å². The number of hydrogen-bond acceptors (Lipinski definition) is 5. The standard InChI is InChI=1S/C17H10F2N2O2S2/c18-10-6-5-9(7-11(10)19)21-15(22)8-14(16(21)23)25-17-20-12-3-1-2-4-13(12)24-17/h1-7,14H,8H2/t14-/m1/s1. The number of aromatic nitrogens is 1. The molecule has 126 valence electrons. The van der Waals surface area contributed by atoms with Crippen LogP contribution in [0.5, 0.6) is 0 Å². The van der Waals surface area contributed by atoms with Gasteiger partial charge in [-0.3, -0.25) is 9.59 Å². The Hall–Kier alpha value is -2.32. The van der Waals surface area contributed by atoms with Crippen molar-refractivity contribution >= 4 is 50.8 Å². The molecule has 0 spiro atoms. The van der Waals surface area contributed by atoms with Crippen LogP contribution in [0, 0.1) is 11.6 Å². The van der Waals surface area contributed by atoms with Crippen LogP contribution in [0.25, 0.3) is 10.2 Å². The van der Waals surface area contributed by atoms with Gasteiger partial charge in [-0.15, -0.1) is 11.3 Å². The van der Waals surface area contributed by atoms with Crippen molar-refractivity contribution in [2.24, 2.45) is 0 Å². The van der Waals surface area contributed by atoms with Gasteiger partial charge in [0.05, 0.1) is 15.9 Å². The molecule has 0 N–H and O–H groups in total. The first kappa shape index (κ1) is 16.2. The minimum Gasteiger partial charge on any atom is -0.274 e. The van der Waals surface area contributed by atoms with Crippen molar-refractivity contribution in [3.05, 3.63) is 54.1 Å². The Balaban J connectivity index is 1.59. The highest BCUT2D eigenvalue weighted by molar-refractivity contribution is 8.02. The summed E-state index contributed by atoms with van der Waals surface area (Å²) in [4.78, 5) is 30.1. The van der Waals surface area contributed by atoms with Crippen molar-refractivity contribution in [3.63, 3.8) is 0 Å². The molecule has 1 saturated heterocycles. The number of thiazole rings is 1. The Kier molecular flexibility index (Phi) is 4.01. The second-order valence-corrected chi connectivity index (χ2v) is 7.90. The van der Waals surface area contributed by atoms with Crippen molar-refractivity contribution in [2.75, 3.05) is 4.90 Å². The normalized spacial score (nSPS) is 17.7. The zero-order chi connectivity index (χ0) is 17.6. The predicted molar refractivity (Wildman–Crippen MR) is 92.7 cm³/mol. The first-order valence-electron chi connectivity index (χ1n) is 7.37. The molecule has 25 heavy (non-hydrogen) atoms. The number of carbonyl (C=O) groups excluding carboxylic acids is 2. The molecule has 1 fully saturated rings. The highest BCUT2D eigenvalue weighted by Gasteiger charge is 2.40. The zero-order valence-electron chi connectivity index (χ0n) is 12.6. The fraction of sp³-hybridized carbons (Fsp3) is 0.118. The van der Waals surface area contributed by atoms with E-state index in [9.17, 15) is 18.4 Å². The number of carbonyl (C=O) groups is 2. The van der Waals surface area contributed by atoms with E-state index < -0.39 is 28.7 Å². The van der Waals surface area contributed by atoms with E-state index >= 15 is 0 Å². The van der Waals surface area contributed by atoms with Crippen LogP contribution in [0.3, 0.4) is 0 Å². The zero-order valence-corrected chi connectivity index (χ0v) is 14.2. The molecule has 0 radical (unpaired) electrons. The summed E-state index contributed by atoms with van der Waals surface area (Å²) in [7, 11) is 0. The number of anilines is 1. The Morgan fingerprint density at radius 2 is 1.92 bits per heavy atom. The van der Waals surface area contributed by atoms with Crippen LogP contribution < -0.4 is 4.90 Å². The number of rotatable bonds is 3. The summed E-state index contributed by atoms with van der Waals surface area (Å²) >= 11 is 2.67. The monoisotopic (exact) mass is 376 g/mol. The molecule has 1 aliphatic heterocycles. The highest BCUT2D eigenvalue weighted by atomic mass is 32.2. The maximum Gasteiger partial charge on any atom is 0.247 e. The molecule has 0 saturated carbocycles. The molecule has 0 aliphatic carbocycles. The van der Waals surface area contributed by atoms with E-state index in [-0.39, 0.29) is 12.1 Å². The van der Waals surface area contributed by atoms with Crippen LogP contribution in [-0.4, -0.2) is 22.0 Å². The molecule has 1 atom stereocenters. The first-order chi connectivity index (χ1) is 12.0. The summed E-state index contributed by atoms with van der Waals surface area (Å²) in [5.41, 5.74) is 0.880. The lowest BCUT2D eigenvalue weighted by Gasteiger charge is -2.14. The topological polar surface area (TPSA) is 50.3 Å². The van der Waals surface area contributed by atoms with Gasteiger partial charge in [-0.2, -0.15) is 0 Å². The van der Waals surface area contributed by atoms with Crippen LogP contribution in [0.1, 0.15) is 6.42 Å². The number of hydrogen-bond donors (Lipinski definition) is 0. The van der Waals surface area contributed by atoms with E-state index in [0.717, 1.165) is 27.2 Å². The third kappa shape index (κ3) is 2.91. The minimum atomic E-state index is -1.10. The molecule has 2 heterocycles. The van der Waals surface area contributed by atoms with Gasteiger partial charge < -0.3 is 0 Å². The Bertz CT molecular complexity index is 972. The SMILES string of the molecule is O=C1C[C@@H](Sc2nc3ccccc3s2)C(=O)N1c1ccc(F)c(F)c1. The molecular weight excluding hydrogens is 366 g/mol. The fourth-order valence-electron chi connectivity index (χ4n) is 2.61. The fourth-order valence-corrected chi connectivity index (χ4v) is 4.95. The van der Waals surface area contributed by atoms with Crippen molar-refractivity contribution in [3.8, 4) is 0 Å². The number of imide groups is 1. The number of fused-ring (bicyclic) bond motifs is 1. The van der Waals surface area contributed by atoms with Crippen molar-refractivity contribution in [1.82, 2.24) is 4.98 Å². The van der Waals surface area contributed by atoms with Crippen LogP contribution >= 0.6 is 23.1 Å². The smallest absolute Gasteiger partial charge is 0.247 e. The van der Waals surface area contributed by atoms with Gasteiger partial charge >= 0.3 is 0 Å². The Labute approximate surface area is 149 Å². The summed E-state index contributed by atoms with van der Waals surface area (Å²) in [6.45, 7) is 0. The molecule has 2 aromatic carbocycles. The number of amides is 2. The molecular formula is C17H10F2N2O2S2. The molecule has 3 aromatic rings. The molecule has 0 bridgehead atoms.